The molecule has 0 saturated carbocycles. The van der Waals surface area contributed by atoms with Crippen molar-refractivity contribution in [1.29, 1.82) is 0 Å². The molecule has 1 aromatic carbocycles. The highest BCUT2D eigenvalue weighted by atomic mass is 35.5. The molecule has 4 heteroatoms. The first-order valence-corrected chi connectivity index (χ1v) is 8.22. The Bertz CT molecular complexity index is 526. The molecular weight excluding hydrogens is 278 g/mol. The SMILES string of the molecule is CCSCCC(C)NCc1c(Cl)oc2ccccc12. The summed E-state index contributed by atoms with van der Waals surface area (Å²) in [6.07, 6.45) is 1.17. The van der Waals surface area contributed by atoms with E-state index in [0.29, 0.717) is 11.3 Å². The third kappa shape index (κ3) is 3.91. The number of para-hydroxylation sites is 1. The molecule has 1 heterocycles. The fraction of sp³-hybridized carbons (Fsp3) is 0.467. The molecule has 0 amide bonds. The van der Waals surface area contributed by atoms with Crippen LogP contribution < -0.4 is 5.32 Å². The van der Waals surface area contributed by atoms with Crippen LogP contribution in [0.5, 0.6) is 0 Å². The van der Waals surface area contributed by atoms with Crippen molar-refractivity contribution in [2.45, 2.75) is 32.9 Å². The average Bonchev–Trinajstić information content (AvgIpc) is 2.72. The summed E-state index contributed by atoms with van der Waals surface area (Å²) in [6.45, 7) is 5.17. The van der Waals surface area contributed by atoms with E-state index >= 15 is 0 Å². The predicted molar refractivity (Wildman–Crippen MR) is 85.1 cm³/mol. The Hall–Kier alpha value is -0.640. The Morgan fingerprint density at radius 3 is 2.95 bits per heavy atom. The molecule has 1 N–H and O–H groups in total. The van der Waals surface area contributed by atoms with Crippen molar-refractivity contribution in [1.82, 2.24) is 5.32 Å². The van der Waals surface area contributed by atoms with Gasteiger partial charge in [0.15, 0.2) is 5.22 Å². The first-order chi connectivity index (χ1) is 9.22. The second-order valence-corrected chi connectivity index (χ2v) is 6.36. The molecule has 0 saturated heterocycles. The van der Waals surface area contributed by atoms with Crippen molar-refractivity contribution in [3.8, 4) is 0 Å². The van der Waals surface area contributed by atoms with Crippen molar-refractivity contribution < 1.29 is 4.42 Å². The molecule has 0 bridgehead atoms. The van der Waals surface area contributed by atoms with Gasteiger partial charge in [-0.2, -0.15) is 11.8 Å². The average molecular weight is 298 g/mol. The highest BCUT2D eigenvalue weighted by Gasteiger charge is 2.12. The minimum absolute atomic E-state index is 0.490. The molecule has 19 heavy (non-hydrogen) atoms. The number of fused-ring (bicyclic) bond motifs is 1. The Labute approximate surface area is 123 Å². The van der Waals surface area contributed by atoms with Crippen molar-refractivity contribution in [3.05, 3.63) is 35.0 Å². The molecule has 0 aliphatic carbocycles. The normalized spacial score (nSPS) is 13.0. The summed E-state index contributed by atoms with van der Waals surface area (Å²) in [5.41, 5.74) is 1.92. The van der Waals surface area contributed by atoms with Crippen LogP contribution in [0.15, 0.2) is 28.7 Å². The summed E-state index contributed by atoms with van der Waals surface area (Å²) >= 11 is 8.15. The van der Waals surface area contributed by atoms with Gasteiger partial charge in [-0.15, -0.1) is 0 Å². The lowest BCUT2D eigenvalue weighted by molar-refractivity contribution is 0.532. The van der Waals surface area contributed by atoms with Crippen molar-refractivity contribution >= 4 is 34.3 Å². The van der Waals surface area contributed by atoms with Crippen molar-refractivity contribution in [2.24, 2.45) is 0 Å². The van der Waals surface area contributed by atoms with Gasteiger partial charge in [0.1, 0.15) is 5.58 Å². The molecule has 0 aliphatic heterocycles. The minimum Gasteiger partial charge on any atom is -0.444 e. The molecule has 0 radical (unpaired) electrons. The molecule has 2 nitrogen and oxygen atoms in total. The largest absolute Gasteiger partial charge is 0.444 e. The van der Waals surface area contributed by atoms with Crippen LogP contribution in [0.3, 0.4) is 0 Å². The quantitative estimate of drug-likeness (QED) is 0.749. The number of halogens is 1. The number of nitrogens with one attached hydrogen (secondary N) is 1. The maximum atomic E-state index is 6.17. The van der Waals surface area contributed by atoms with Crippen LogP contribution in [0, 0.1) is 0 Å². The Morgan fingerprint density at radius 1 is 1.37 bits per heavy atom. The molecule has 0 aliphatic rings. The zero-order valence-corrected chi connectivity index (χ0v) is 13.0. The number of hydrogen-bond acceptors (Lipinski definition) is 3. The summed E-state index contributed by atoms with van der Waals surface area (Å²) in [5.74, 6) is 2.38. The molecule has 0 spiro atoms. The van der Waals surface area contributed by atoms with Gasteiger partial charge in [0.2, 0.25) is 0 Å². The summed E-state index contributed by atoms with van der Waals surface area (Å²) in [4.78, 5) is 0. The molecular formula is C15H20ClNOS. The standard InChI is InChI=1S/C15H20ClNOS/c1-3-19-9-8-11(2)17-10-13-12-6-4-5-7-14(12)18-15(13)16/h4-7,11,17H,3,8-10H2,1-2H3. The number of hydrogen-bond donors (Lipinski definition) is 1. The van der Waals surface area contributed by atoms with Crippen LogP contribution in [0.25, 0.3) is 11.0 Å². The van der Waals surface area contributed by atoms with E-state index in [9.17, 15) is 0 Å². The van der Waals surface area contributed by atoms with Gasteiger partial charge in [-0.3, -0.25) is 0 Å². The highest BCUT2D eigenvalue weighted by molar-refractivity contribution is 7.99. The second-order valence-electron chi connectivity index (χ2n) is 4.62. The molecule has 2 aromatic rings. The first kappa shape index (κ1) is 14.8. The first-order valence-electron chi connectivity index (χ1n) is 6.69. The van der Waals surface area contributed by atoms with Gasteiger partial charge in [-0.25, -0.2) is 0 Å². The Kier molecular flexibility index (Phi) is 5.61. The lowest BCUT2D eigenvalue weighted by atomic mass is 10.1. The van der Waals surface area contributed by atoms with Gasteiger partial charge in [-0.1, -0.05) is 25.1 Å². The van der Waals surface area contributed by atoms with E-state index in [1.165, 1.54) is 17.9 Å². The van der Waals surface area contributed by atoms with Gasteiger partial charge in [0.25, 0.3) is 0 Å². The van der Waals surface area contributed by atoms with E-state index in [0.717, 1.165) is 23.1 Å². The summed E-state index contributed by atoms with van der Waals surface area (Å²) in [5, 5.41) is 5.13. The van der Waals surface area contributed by atoms with Gasteiger partial charge in [0.05, 0.1) is 0 Å². The molecule has 0 fully saturated rings. The maximum Gasteiger partial charge on any atom is 0.199 e. The summed E-state index contributed by atoms with van der Waals surface area (Å²) < 4.78 is 5.55. The minimum atomic E-state index is 0.490. The van der Waals surface area contributed by atoms with E-state index in [4.69, 9.17) is 16.0 Å². The molecule has 2 rings (SSSR count). The third-order valence-corrected chi connectivity index (χ3v) is 4.41. The van der Waals surface area contributed by atoms with E-state index in [1.807, 2.05) is 30.0 Å². The number of furan rings is 1. The maximum absolute atomic E-state index is 6.17. The highest BCUT2D eigenvalue weighted by Crippen LogP contribution is 2.29. The van der Waals surface area contributed by atoms with Crippen LogP contribution >= 0.6 is 23.4 Å². The van der Waals surface area contributed by atoms with E-state index in [-0.39, 0.29) is 0 Å². The fourth-order valence-electron chi connectivity index (χ4n) is 2.02. The molecule has 1 unspecified atom stereocenters. The molecule has 104 valence electrons. The Balaban J connectivity index is 1.96. The van der Waals surface area contributed by atoms with Crippen molar-refractivity contribution in [3.63, 3.8) is 0 Å². The number of benzene rings is 1. The Morgan fingerprint density at radius 2 is 2.16 bits per heavy atom. The molecule has 1 aromatic heterocycles. The van der Waals surface area contributed by atoms with Crippen LogP contribution in [0.2, 0.25) is 5.22 Å². The lowest BCUT2D eigenvalue weighted by Gasteiger charge is -2.12. The topological polar surface area (TPSA) is 25.2 Å². The molecule has 1 atom stereocenters. The van der Waals surface area contributed by atoms with Gasteiger partial charge < -0.3 is 9.73 Å². The van der Waals surface area contributed by atoms with E-state index < -0.39 is 0 Å². The van der Waals surface area contributed by atoms with E-state index in [1.54, 1.807) is 0 Å². The van der Waals surface area contributed by atoms with E-state index in [2.05, 4.69) is 25.2 Å². The third-order valence-electron chi connectivity index (χ3n) is 3.18. The zero-order valence-electron chi connectivity index (χ0n) is 11.4. The van der Waals surface area contributed by atoms with Crippen LogP contribution in [-0.4, -0.2) is 17.5 Å². The number of thioether (sulfide) groups is 1. The summed E-state index contributed by atoms with van der Waals surface area (Å²) in [7, 11) is 0. The summed E-state index contributed by atoms with van der Waals surface area (Å²) in [6, 6.07) is 8.47. The monoisotopic (exact) mass is 297 g/mol. The van der Waals surface area contributed by atoms with Gasteiger partial charge in [-0.05, 0) is 42.5 Å². The fourth-order valence-corrected chi connectivity index (χ4v) is 3.08. The zero-order chi connectivity index (χ0) is 13.7. The van der Waals surface area contributed by atoms with Gasteiger partial charge >= 0.3 is 0 Å². The lowest BCUT2D eigenvalue weighted by Crippen LogP contribution is -2.26. The smallest absolute Gasteiger partial charge is 0.199 e. The van der Waals surface area contributed by atoms with Crippen LogP contribution in [-0.2, 0) is 6.54 Å². The van der Waals surface area contributed by atoms with Crippen LogP contribution in [0.4, 0.5) is 0 Å². The van der Waals surface area contributed by atoms with Crippen molar-refractivity contribution in [2.75, 3.05) is 11.5 Å². The predicted octanol–water partition coefficient (Wildman–Crippen LogP) is 4.71. The second kappa shape index (κ2) is 7.22. The number of rotatable bonds is 7. The van der Waals surface area contributed by atoms with Crippen LogP contribution in [0.1, 0.15) is 25.8 Å². The van der Waals surface area contributed by atoms with Gasteiger partial charge in [0, 0.05) is 23.5 Å².